The average molecular weight is 513 g/mol. The Bertz CT molecular complexity index is 1350. The molecule has 0 fully saturated rings. The number of phenols is 1. The largest absolute Gasteiger partial charge is 0.508 e. The van der Waals surface area contributed by atoms with Crippen LogP contribution < -0.4 is 9.47 Å². The van der Waals surface area contributed by atoms with Gasteiger partial charge in [-0.2, -0.15) is 0 Å². The minimum atomic E-state index is -3.28. The van der Waals surface area contributed by atoms with Crippen LogP contribution in [0.1, 0.15) is 0 Å². The number of ether oxygens (including phenoxy) is 2. The van der Waals surface area contributed by atoms with Crippen molar-refractivity contribution in [1.29, 1.82) is 0 Å². The molecule has 4 rings (SSSR count). The predicted octanol–water partition coefficient (Wildman–Crippen LogP) is 6.18. The second kappa shape index (κ2) is 9.22. The number of hydrogen-bond acceptors (Lipinski definition) is 5. The molecule has 7 heteroatoms. The maximum Gasteiger partial charge on any atom is 0.175 e. The number of phenolic OH excluding ortho intramolecular Hbond substituents is 1. The van der Waals surface area contributed by atoms with Crippen LogP contribution in [0.25, 0.3) is 21.9 Å². The number of benzene rings is 4. The van der Waals surface area contributed by atoms with E-state index >= 15 is 0 Å². The topological polar surface area (TPSA) is 72.8 Å². The summed E-state index contributed by atoms with van der Waals surface area (Å²) in [7, 11) is -3.28. The maximum absolute atomic E-state index is 11.8. The number of rotatable bonds is 7. The quantitative estimate of drug-likeness (QED) is 0.299. The highest BCUT2D eigenvalue weighted by Gasteiger charge is 2.14. The van der Waals surface area contributed by atoms with Crippen LogP contribution in [-0.4, -0.2) is 31.7 Å². The first-order chi connectivity index (χ1) is 15.3. The molecule has 0 heterocycles. The minimum absolute atomic E-state index is 0.169. The molecule has 0 radical (unpaired) electrons. The van der Waals surface area contributed by atoms with E-state index < -0.39 is 9.84 Å². The Morgan fingerprint density at radius 3 is 2.22 bits per heavy atom. The number of halogens is 1. The van der Waals surface area contributed by atoms with Gasteiger partial charge in [-0.05, 0) is 71.6 Å². The van der Waals surface area contributed by atoms with Crippen LogP contribution in [0.4, 0.5) is 0 Å². The van der Waals surface area contributed by atoms with Crippen molar-refractivity contribution in [3.05, 3.63) is 78.9 Å². The van der Waals surface area contributed by atoms with E-state index in [1.54, 1.807) is 36.4 Å². The summed E-state index contributed by atoms with van der Waals surface area (Å²) in [6.45, 7) is 0.570. The van der Waals surface area contributed by atoms with Gasteiger partial charge in [-0.25, -0.2) is 8.42 Å². The third-order valence-corrected chi connectivity index (χ3v) is 6.39. The van der Waals surface area contributed by atoms with E-state index in [-0.39, 0.29) is 10.6 Å². The Labute approximate surface area is 195 Å². The SMILES string of the molecule is CS(=O)(=O)c1ccc(-c2ccc3cc(O)ccc3c2Oc2ccc(OCCBr)cc2)cc1. The lowest BCUT2D eigenvalue weighted by atomic mass is 9.99. The molecule has 0 aliphatic carbocycles. The molecule has 0 atom stereocenters. The minimum Gasteiger partial charge on any atom is -0.508 e. The maximum atomic E-state index is 11.8. The second-order valence-corrected chi connectivity index (χ2v) is 10.1. The van der Waals surface area contributed by atoms with E-state index in [0.717, 1.165) is 33.0 Å². The van der Waals surface area contributed by atoms with Gasteiger partial charge < -0.3 is 14.6 Å². The highest BCUT2D eigenvalue weighted by Crippen LogP contribution is 2.41. The van der Waals surface area contributed by atoms with Gasteiger partial charge in [0, 0.05) is 22.5 Å². The van der Waals surface area contributed by atoms with Crippen LogP contribution in [-0.2, 0) is 9.84 Å². The van der Waals surface area contributed by atoms with Gasteiger partial charge in [-0.1, -0.05) is 34.1 Å². The molecule has 32 heavy (non-hydrogen) atoms. The average Bonchev–Trinajstić information content (AvgIpc) is 2.78. The Kier molecular flexibility index (Phi) is 6.39. The molecule has 164 valence electrons. The van der Waals surface area contributed by atoms with E-state index in [4.69, 9.17) is 9.47 Å². The van der Waals surface area contributed by atoms with Crippen molar-refractivity contribution in [2.45, 2.75) is 4.90 Å². The first kappa shape index (κ1) is 22.2. The van der Waals surface area contributed by atoms with Crippen molar-refractivity contribution in [1.82, 2.24) is 0 Å². The number of alkyl halides is 1. The van der Waals surface area contributed by atoms with Gasteiger partial charge in [0.2, 0.25) is 0 Å². The van der Waals surface area contributed by atoms with Crippen LogP contribution in [0.5, 0.6) is 23.0 Å². The molecule has 0 saturated carbocycles. The Hall–Kier alpha value is -3.03. The molecule has 5 nitrogen and oxygen atoms in total. The molecule has 0 aromatic heterocycles. The molecule has 0 saturated heterocycles. The zero-order chi connectivity index (χ0) is 22.7. The summed E-state index contributed by atoms with van der Waals surface area (Å²) in [4.78, 5) is 0.258. The number of aromatic hydroxyl groups is 1. The van der Waals surface area contributed by atoms with E-state index in [1.807, 2.05) is 42.5 Å². The molecule has 0 amide bonds. The summed E-state index contributed by atoms with van der Waals surface area (Å²) in [5, 5.41) is 12.3. The summed E-state index contributed by atoms with van der Waals surface area (Å²) < 4.78 is 35.6. The molecular formula is C25H21BrO5S. The first-order valence-electron chi connectivity index (χ1n) is 9.88. The molecular weight excluding hydrogens is 492 g/mol. The van der Waals surface area contributed by atoms with Gasteiger partial charge >= 0.3 is 0 Å². The summed E-state index contributed by atoms with van der Waals surface area (Å²) in [6, 6.07) is 23.0. The van der Waals surface area contributed by atoms with E-state index in [0.29, 0.717) is 18.1 Å². The van der Waals surface area contributed by atoms with E-state index in [2.05, 4.69) is 15.9 Å². The van der Waals surface area contributed by atoms with Crippen LogP contribution >= 0.6 is 15.9 Å². The van der Waals surface area contributed by atoms with Crippen molar-refractivity contribution in [3.8, 4) is 34.1 Å². The van der Waals surface area contributed by atoms with Crippen LogP contribution in [0, 0.1) is 0 Å². The standard InChI is InChI=1S/C25H21BrO5S/c1-32(28,29)22-10-2-17(3-11-22)23-12-4-18-16-19(27)5-13-24(18)25(23)31-21-8-6-20(7-9-21)30-15-14-26/h2-13,16,27H,14-15H2,1H3. The number of sulfone groups is 1. The normalized spacial score (nSPS) is 11.4. The molecule has 4 aromatic carbocycles. The predicted molar refractivity (Wildman–Crippen MR) is 130 cm³/mol. The fraction of sp³-hybridized carbons (Fsp3) is 0.120. The highest BCUT2D eigenvalue weighted by atomic mass is 79.9. The zero-order valence-corrected chi connectivity index (χ0v) is 19.7. The van der Waals surface area contributed by atoms with Crippen molar-refractivity contribution < 1.29 is 23.0 Å². The third-order valence-electron chi connectivity index (χ3n) is 4.94. The Morgan fingerprint density at radius 1 is 0.875 bits per heavy atom. The van der Waals surface area contributed by atoms with Crippen molar-refractivity contribution in [2.24, 2.45) is 0 Å². The monoisotopic (exact) mass is 512 g/mol. The van der Waals surface area contributed by atoms with Crippen LogP contribution in [0.3, 0.4) is 0 Å². The van der Waals surface area contributed by atoms with E-state index in [1.165, 1.54) is 6.26 Å². The fourth-order valence-electron chi connectivity index (χ4n) is 3.39. The zero-order valence-electron chi connectivity index (χ0n) is 17.3. The highest BCUT2D eigenvalue weighted by molar-refractivity contribution is 9.09. The molecule has 0 bridgehead atoms. The fourth-order valence-corrected chi connectivity index (χ4v) is 4.18. The molecule has 0 aliphatic rings. The smallest absolute Gasteiger partial charge is 0.175 e. The number of hydrogen-bond donors (Lipinski definition) is 1. The molecule has 4 aromatic rings. The molecule has 0 unspecified atom stereocenters. The second-order valence-electron chi connectivity index (χ2n) is 7.26. The van der Waals surface area contributed by atoms with Gasteiger partial charge in [-0.15, -0.1) is 0 Å². The van der Waals surface area contributed by atoms with E-state index in [9.17, 15) is 13.5 Å². The first-order valence-corrected chi connectivity index (χ1v) is 12.9. The Morgan fingerprint density at radius 2 is 1.56 bits per heavy atom. The molecule has 0 spiro atoms. The molecule has 0 aliphatic heterocycles. The van der Waals surface area contributed by atoms with Gasteiger partial charge in [0.15, 0.2) is 9.84 Å². The van der Waals surface area contributed by atoms with Crippen molar-refractivity contribution >= 4 is 36.5 Å². The van der Waals surface area contributed by atoms with Crippen molar-refractivity contribution in [3.63, 3.8) is 0 Å². The Balaban J connectivity index is 1.78. The summed E-state index contributed by atoms with van der Waals surface area (Å²) in [5.74, 6) is 2.16. The summed E-state index contributed by atoms with van der Waals surface area (Å²) >= 11 is 3.34. The van der Waals surface area contributed by atoms with Crippen LogP contribution in [0.2, 0.25) is 0 Å². The number of fused-ring (bicyclic) bond motifs is 1. The lowest BCUT2D eigenvalue weighted by molar-refractivity contribution is 0.344. The van der Waals surface area contributed by atoms with Gasteiger partial charge in [-0.3, -0.25) is 0 Å². The molecule has 1 N–H and O–H groups in total. The summed E-state index contributed by atoms with van der Waals surface area (Å²) in [6.07, 6.45) is 1.18. The van der Waals surface area contributed by atoms with Gasteiger partial charge in [0.25, 0.3) is 0 Å². The third kappa shape index (κ3) is 4.89. The van der Waals surface area contributed by atoms with Crippen molar-refractivity contribution in [2.75, 3.05) is 18.2 Å². The van der Waals surface area contributed by atoms with Crippen LogP contribution in [0.15, 0.2) is 83.8 Å². The van der Waals surface area contributed by atoms with Gasteiger partial charge in [0.05, 0.1) is 11.5 Å². The lowest BCUT2D eigenvalue weighted by Gasteiger charge is -2.15. The van der Waals surface area contributed by atoms with Gasteiger partial charge in [0.1, 0.15) is 23.0 Å². The lowest BCUT2D eigenvalue weighted by Crippen LogP contribution is -1.97. The summed E-state index contributed by atoms with van der Waals surface area (Å²) in [5.41, 5.74) is 1.63.